The van der Waals surface area contributed by atoms with Crippen LogP contribution in [-0.4, -0.2) is 24.2 Å². The lowest BCUT2D eigenvalue weighted by molar-refractivity contribution is 0.0882. The van der Waals surface area contributed by atoms with E-state index < -0.39 is 8.07 Å². The van der Waals surface area contributed by atoms with E-state index in [0.29, 0.717) is 11.8 Å². The molecule has 0 fully saturated rings. The molecule has 4 rings (SSSR count). The van der Waals surface area contributed by atoms with E-state index in [1.165, 1.54) is 0 Å². The van der Waals surface area contributed by atoms with E-state index in [-0.39, 0.29) is 0 Å². The molecular formula is C21H23ClN2O2Si. The highest BCUT2D eigenvalue weighted by molar-refractivity contribution is 6.76. The number of ether oxygens (including phenoxy) is 2. The van der Waals surface area contributed by atoms with Gasteiger partial charge >= 0.3 is 0 Å². The second kappa shape index (κ2) is 7.15. The summed E-state index contributed by atoms with van der Waals surface area (Å²) in [5.74, 6) is 1.57. The number of imidazole rings is 1. The Kier molecular flexibility index (Phi) is 4.84. The van der Waals surface area contributed by atoms with Crippen LogP contribution in [0.3, 0.4) is 0 Å². The molecule has 1 aliphatic heterocycles. The van der Waals surface area contributed by atoms with Crippen LogP contribution in [0.1, 0.15) is 0 Å². The van der Waals surface area contributed by atoms with Crippen molar-refractivity contribution in [3.8, 4) is 34.0 Å². The van der Waals surface area contributed by atoms with Gasteiger partial charge in [-0.15, -0.1) is 0 Å². The molecule has 0 unspecified atom stereocenters. The maximum absolute atomic E-state index is 6.25. The predicted molar refractivity (Wildman–Crippen MR) is 112 cm³/mol. The number of hydrogen-bond acceptors (Lipinski definition) is 3. The van der Waals surface area contributed by atoms with Gasteiger partial charge in [-0.2, -0.15) is 0 Å². The monoisotopic (exact) mass is 398 g/mol. The van der Waals surface area contributed by atoms with Crippen molar-refractivity contribution in [2.75, 3.05) is 6.61 Å². The minimum atomic E-state index is -1.11. The zero-order chi connectivity index (χ0) is 19.0. The van der Waals surface area contributed by atoms with Crippen LogP contribution in [-0.2, 0) is 11.5 Å². The first-order chi connectivity index (χ1) is 12.9. The fourth-order valence-electron chi connectivity index (χ4n) is 3.15. The molecule has 1 aliphatic rings. The SMILES string of the molecule is C[Si](C)(C)CCOCn1cnc2c1-c1ccccc1Oc1ccc(Cl)cc1-2. The summed E-state index contributed by atoms with van der Waals surface area (Å²) in [7, 11) is -1.11. The molecule has 0 saturated carbocycles. The van der Waals surface area contributed by atoms with Gasteiger partial charge in [0.2, 0.25) is 0 Å². The van der Waals surface area contributed by atoms with Gasteiger partial charge in [0, 0.05) is 30.8 Å². The third-order valence-electron chi connectivity index (χ3n) is 4.62. The smallest absolute Gasteiger partial charge is 0.137 e. The van der Waals surface area contributed by atoms with E-state index in [1.54, 1.807) is 0 Å². The molecule has 140 valence electrons. The quantitative estimate of drug-likeness (QED) is 0.293. The molecule has 0 amide bonds. The van der Waals surface area contributed by atoms with Gasteiger partial charge in [0.05, 0.1) is 12.0 Å². The highest BCUT2D eigenvalue weighted by Gasteiger charge is 2.25. The Morgan fingerprint density at radius 3 is 2.67 bits per heavy atom. The highest BCUT2D eigenvalue weighted by atomic mass is 35.5. The van der Waals surface area contributed by atoms with Crippen molar-refractivity contribution in [3.63, 3.8) is 0 Å². The molecule has 6 heteroatoms. The van der Waals surface area contributed by atoms with Gasteiger partial charge in [0.25, 0.3) is 0 Å². The van der Waals surface area contributed by atoms with E-state index in [4.69, 9.17) is 21.1 Å². The molecule has 0 spiro atoms. The number of rotatable bonds is 5. The average Bonchev–Trinajstić information content (AvgIpc) is 2.97. The van der Waals surface area contributed by atoms with Gasteiger partial charge < -0.3 is 14.0 Å². The van der Waals surface area contributed by atoms with E-state index in [2.05, 4.69) is 35.3 Å². The molecule has 2 heterocycles. The molecular weight excluding hydrogens is 376 g/mol. The molecule has 2 aromatic carbocycles. The van der Waals surface area contributed by atoms with Crippen molar-refractivity contribution in [2.45, 2.75) is 32.4 Å². The van der Waals surface area contributed by atoms with Crippen molar-refractivity contribution in [1.82, 2.24) is 9.55 Å². The van der Waals surface area contributed by atoms with Crippen LogP contribution in [0.15, 0.2) is 48.8 Å². The molecule has 0 N–H and O–H groups in total. The molecule has 0 atom stereocenters. The third-order valence-corrected chi connectivity index (χ3v) is 6.56. The third kappa shape index (κ3) is 3.81. The summed E-state index contributed by atoms with van der Waals surface area (Å²) in [6.07, 6.45) is 1.84. The highest BCUT2D eigenvalue weighted by Crippen LogP contribution is 2.46. The van der Waals surface area contributed by atoms with Crippen molar-refractivity contribution in [1.29, 1.82) is 0 Å². The first-order valence-electron chi connectivity index (χ1n) is 9.12. The van der Waals surface area contributed by atoms with Gasteiger partial charge in [-0.1, -0.05) is 43.4 Å². The van der Waals surface area contributed by atoms with Crippen LogP contribution < -0.4 is 4.74 Å². The average molecular weight is 399 g/mol. The van der Waals surface area contributed by atoms with E-state index in [1.807, 2.05) is 42.7 Å². The van der Waals surface area contributed by atoms with Crippen LogP contribution in [0.4, 0.5) is 0 Å². The molecule has 27 heavy (non-hydrogen) atoms. The van der Waals surface area contributed by atoms with Crippen LogP contribution in [0, 0.1) is 0 Å². The molecule has 1 aromatic heterocycles. The van der Waals surface area contributed by atoms with Crippen molar-refractivity contribution < 1.29 is 9.47 Å². The molecule has 0 aliphatic carbocycles. The molecule has 0 saturated heterocycles. The summed E-state index contributed by atoms with van der Waals surface area (Å²) in [6, 6.07) is 14.8. The fourth-order valence-corrected chi connectivity index (χ4v) is 4.08. The minimum Gasteiger partial charge on any atom is -0.456 e. The number of para-hydroxylation sites is 1. The number of fused-ring (bicyclic) bond motifs is 5. The largest absolute Gasteiger partial charge is 0.456 e. The van der Waals surface area contributed by atoms with Gasteiger partial charge in [0.1, 0.15) is 23.9 Å². The van der Waals surface area contributed by atoms with Crippen LogP contribution in [0.2, 0.25) is 30.7 Å². The van der Waals surface area contributed by atoms with Crippen LogP contribution in [0.5, 0.6) is 11.5 Å². The molecule has 3 aromatic rings. The number of benzene rings is 2. The lowest BCUT2D eigenvalue weighted by Gasteiger charge is -2.16. The van der Waals surface area contributed by atoms with E-state index in [0.717, 1.165) is 46.7 Å². The summed E-state index contributed by atoms with van der Waals surface area (Å²) in [5, 5.41) is 0.662. The zero-order valence-corrected chi connectivity index (χ0v) is 17.6. The number of hydrogen-bond donors (Lipinski definition) is 0. The normalized spacial score (nSPS) is 12.6. The maximum Gasteiger partial charge on any atom is 0.137 e. The van der Waals surface area contributed by atoms with Gasteiger partial charge in [-0.25, -0.2) is 4.98 Å². The number of nitrogens with zero attached hydrogens (tertiary/aromatic N) is 2. The Balaban J connectivity index is 1.73. The molecule has 4 nitrogen and oxygen atoms in total. The lowest BCUT2D eigenvalue weighted by Crippen LogP contribution is -2.22. The van der Waals surface area contributed by atoms with Crippen LogP contribution >= 0.6 is 11.6 Å². The zero-order valence-electron chi connectivity index (χ0n) is 15.8. The Morgan fingerprint density at radius 1 is 1.07 bits per heavy atom. The number of halogens is 1. The summed E-state index contributed by atoms with van der Waals surface area (Å²) in [5.41, 5.74) is 3.77. The summed E-state index contributed by atoms with van der Waals surface area (Å²) in [6.45, 7) is 8.30. The Morgan fingerprint density at radius 2 is 1.85 bits per heavy atom. The Bertz CT molecular complexity index is 979. The van der Waals surface area contributed by atoms with Crippen LogP contribution in [0.25, 0.3) is 22.5 Å². The molecule has 0 bridgehead atoms. The second-order valence-electron chi connectivity index (χ2n) is 8.00. The first kappa shape index (κ1) is 18.3. The summed E-state index contributed by atoms with van der Waals surface area (Å²) >= 11 is 6.25. The topological polar surface area (TPSA) is 36.3 Å². The van der Waals surface area contributed by atoms with Crippen molar-refractivity contribution in [2.24, 2.45) is 0 Å². The standard InChI is InChI=1S/C21H23ClN2O2Si/c1-27(2,3)11-10-25-14-24-13-23-20-17-12-15(22)8-9-19(17)26-18-7-5-4-6-16(18)21(20)24/h4-9,12-13H,10-11,14H2,1-3H3. The Labute approximate surface area is 165 Å². The first-order valence-corrected chi connectivity index (χ1v) is 13.2. The van der Waals surface area contributed by atoms with E-state index >= 15 is 0 Å². The lowest BCUT2D eigenvalue weighted by atomic mass is 10.0. The fraction of sp³-hybridized carbons (Fsp3) is 0.286. The maximum atomic E-state index is 6.25. The van der Waals surface area contributed by atoms with Gasteiger partial charge in [-0.05, 0) is 36.4 Å². The van der Waals surface area contributed by atoms with Crippen molar-refractivity contribution in [3.05, 3.63) is 53.8 Å². The van der Waals surface area contributed by atoms with Gasteiger partial charge in [-0.3, -0.25) is 0 Å². The number of aromatic nitrogens is 2. The second-order valence-corrected chi connectivity index (χ2v) is 14.1. The van der Waals surface area contributed by atoms with Gasteiger partial charge in [0.15, 0.2) is 0 Å². The Hall–Kier alpha value is -2.08. The predicted octanol–water partition coefficient (Wildman–Crippen LogP) is 6.29. The van der Waals surface area contributed by atoms with Crippen molar-refractivity contribution >= 4 is 19.7 Å². The molecule has 0 radical (unpaired) electrons. The summed E-state index contributed by atoms with van der Waals surface area (Å²) < 4.78 is 14.2. The minimum absolute atomic E-state index is 0.469. The van der Waals surface area contributed by atoms with E-state index in [9.17, 15) is 0 Å². The summed E-state index contributed by atoms with van der Waals surface area (Å²) in [4.78, 5) is 4.68.